The van der Waals surface area contributed by atoms with Crippen LogP contribution in [0.2, 0.25) is 5.02 Å². The molecule has 0 unspecified atom stereocenters. The molecule has 1 fully saturated rings. The zero-order chi connectivity index (χ0) is 20.9. The van der Waals surface area contributed by atoms with Crippen molar-refractivity contribution in [2.75, 3.05) is 38.2 Å². The lowest BCUT2D eigenvalue weighted by Gasteiger charge is -2.26. The summed E-state index contributed by atoms with van der Waals surface area (Å²) in [6, 6.07) is 5.92. The number of anilines is 2. The first-order valence-corrected chi connectivity index (χ1v) is 10.3. The van der Waals surface area contributed by atoms with E-state index in [1.54, 1.807) is 6.07 Å². The van der Waals surface area contributed by atoms with E-state index in [2.05, 4.69) is 25.2 Å². The molecule has 3 aromatic rings. The number of hydrogen-bond donors (Lipinski definition) is 1. The smallest absolute Gasteiger partial charge is 0.216 e. The monoisotopic (exact) mass is 433 g/mol. The molecule has 0 atom stereocenters. The van der Waals surface area contributed by atoms with Crippen molar-refractivity contribution in [1.29, 1.82) is 0 Å². The Kier molecular flexibility index (Phi) is 6.66. The first-order chi connectivity index (χ1) is 14.6. The summed E-state index contributed by atoms with van der Waals surface area (Å²) >= 11 is 5.82. The van der Waals surface area contributed by atoms with Crippen molar-refractivity contribution in [3.05, 3.63) is 52.9 Å². The van der Waals surface area contributed by atoms with Crippen LogP contribution in [0.25, 0.3) is 11.0 Å². The van der Waals surface area contributed by atoms with E-state index in [9.17, 15) is 8.78 Å². The van der Waals surface area contributed by atoms with Gasteiger partial charge < -0.3 is 10.1 Å². The molecule has 1 aliphatic heterocycles. The molecule has 1 N–H and O–H groups in total. The fourth-order valence-corrected chi connectivity index (χ4v) is 3.64. The van der Waals surface area contributed by atoms with Crippen LogP contribution in [-0.2, 0) is 11.2 Å². The molecule has 4 rings (SSSR count). The first kappa shape index (κ1) is 20.8. The Hall–Kier alpha value is -2.42. The molecule has 158 valence electrons. The van der Waals surface area contributed by atoms with E-state index >= 15 is 0 Å². The lowest BCUT2D eigenvalue weighted by Crippen LogP contribution is -2.36. The molecule has 0 spiro atoms. The van der Waals surface area contributed by atoms with E-state index in [1.807, 2.05) is 0 Å². The second-order valence-electron chi connectivity index (χ2n) is 7.19. The molecule has 3 heterocycles. The molecule has 0 bridgehead atoms. The summed E-state index contributed by atoms with van der Waals surface area (Å²) in [4.78, 5) is 14.8. The van der Waals surface area contributed by atoms with Gasteiger partial charge in [-0.25, -0.2) is 19.3 Å². The van der Waals surface area contributed by atoms with Gasteiger partial charge in [0.15, 0.2) is 5.82 Å². The van der Waals surface area contributed by atoms with Gasteiger partial charge in [0.1, 0.15) is 17.7 Å². The lowest BCUT2D eigenvalue weighted by atomic mass is 10.1. The van der Waals surface area contributed by atoms with E-state index < -0.39 is 11.8 Å². The normalized spacial score (nSPS) is 14.9. The number of aryl methyl sites for hydroxylation is 1. The van der Waals surface area contributed by atoms with E-state index in [0.29, 0.717) is 34.5 Å². The van der Waals surface area contributed by atoms with Crippen molar-refractivity contribution in [3.8, 4) is 0 Å². The highest BCUT2D eigenvalue weighted by atomic mass is 35.5. The first-order valence-electron chi connectivity index (χ1n) is 9.92. The topological polar surface area (TPSA) is 63.2 Å². The van der Waals surface area contributed by atoms with Crippen LogP contribution >= 0.6 is 11.6 Å². The van der Waals surface area contributed by atoms with Crippen LogP contribution < -0.4 is 5.32 Å². The average Bonchev–Trinajstić information content (AvgIpc) is 2.75. The van der Waals surface area contributed by atoms with E-state index in [4.69, 9.17) is 16.3 Å². The van der Waals surface area contributed by atoms with Crippen LogP contribution in [0.3, 0.4) is 0 Å². The molecular weight excluding hydrogens is 412 g/mol. The summed E-state index contributed by atoms with van der Waals surface area (Å²) in [5, 5.41) is 2.99. The fraction of sp³-hybridized carbons (Fsp3) is 0.381. The lowest BCUT2D eigenvalue weighted by molar-refractivity contribution is 0.0372. The highest BCUT2D eigenvalue weighted by molar-refractivity contribution is 6.31. The van der Waals surface area contributed by atoms with Gasteiger partial charge in [-0.1, -0.05) is 11.6 Å². The number of fused-ring (bicyclic) bond motifs is 1. The number of nitrogens with one attached hydrogen (secondary N) is 1. The number of unbranched alkanes of at least 4 members (excludes halogenated alkanes) is 1. The number of benzene rings is 1. The third kappa shape index (κ3) is 5.00. The predicted molar refractivity (Wildman–Crippen MR) is 112 cm³/mol. The molecule has 0 saturated carbocycles. The minimum Gasteiger partial charge on any atom is -0.379 e. The van der Waals surface area contributed by atoms with Gasteiger partial charge >= 0.3 is 0 Å². The average molecular weight is 434 g/mol. The third-order valence-electron chi connectivity index (χ3n) is 5.09. The number of pyridine rings is 1. The molecule has 0 radical (unpaired) electrons. The Morgan fingerprint density at radius 1 is 1.10 bits per heavy atom. The number of aromatic nitrogens is 3. The van der Waals surface area contributed by atoms with Gasteiger partial charge in [0.05, 0.1) is 23.8 Å². The molecular formula is C21H22ClF2N5O. The summed E-state index contributed by atoms with van der Waals surface area (Å²) in [7, 11) is 0. The quantitative estimate of drug-likeness (QED) is 0.441. The van der Waals surface area contributed by atoms with Crippen LogP contribution in [0.4, 0.5) is 20.3 Å². The third-order valence-corrected chi connectivity index (χ3v) is 5.38. The molecule has 1 saturated heterocycles. The molecule has 0 amide bonds. The van der Waals surface area contributed by atoms with Gasteiger partial charge in [0.25, 0.3) is 0 Å². The van der Waals surface area contributed by atoms with Gasteiger partial charge in [-0.2, -0.15) is 4.39 Å². The van der Waals surface area contributed by atoms with Crippen LogP contribution in [0, 0.1) is 11.8 Å². The Morgan fingerprint density at radius 3 is 2.73 bits per heavy atom. The molecule has 1 aliphatic rings. The van der Waals surface area contributed by atoms with Gasteiger partial charge in [0.2, 0.25) is 5.95 Å². The number of morpholine rings is 1. The van der Waals surface area contributed by atoms with Crippen molar-refractivity contribution in [1.82, 2.24) is 19.9 Å². The maximum Gasteiger partial charge on any atom is 0.216 e. The highest BCUT2D eigenvalue weighted by Crippen LogP contribution is 2.26. The van der Waals surface area contributed by atoms with Crippen LogP contribution in [0.15, 0.2) is 30.6 Å². The van der Waals surface area contributed by atoms with Crippen molar-refractivity contribution in [2.45, 2.75) is 19.3 Å². The van der Waals surface area contributed by atoms with Gasteiger partial charge in [-0.05, 0) is 50.1 Å². The molecule has 9 heteroatoms. The number of hydrogen-bond acceptors (Lipinski definition) is 6. The highest BCUT2D eigenvalue weighted by Gasteiger charge is 2.13. The standard InChI is InChI=1S/C21H22ClF2N5O/c22-16-12-15(4-5-17(16)23)27-21-19-18(25-13-26-21)11-14(20(24)28-19)3-1-2-6-29-7-9-30-10-8-29/h4-5,11-13H,1-3,6-10H2,(H,25,26,27). The van der Waals surface area contributed by atoms with Gasteiger partial charge in [0, 0.05) is 24.3 Å². The molecule has 0 aliphatic carbocycles. The van der Waals surface area contributed by atoms with Crippen molar-refractivity contribution in [3.63, 3.8) is 0 Å². The molecule has 30 heavy (non-hydrogen) atoms. The Morgan fingerprint density at radius 2 is 1.93 bits per heavy atom. The molecule has 2 aromatic heterocycles. The second-order valence-corrected chi connectivity index (χ2v) is 7.60. The fourth-order valence-electron chi connectivity index (χ4n) is 3.46. The van der Waals surface area contributed by atoms with Crippen LogP contribution in [0.5, 0.6) is 0 Å². The summed E-state index contributed by atoms with van der Waals surface area (Å²) in [5.74, 6) is -0.707. The maximum absolute atomic E-state index is 14.6. The van der Waals surface area contributed by atoms with Crippen LogP contribution in [0.1, 0.15) is 18.4 Å². The minimum atomic E-state index is -0.524. The Balaban J connectivity index is 1.45. The number of halogens is 3. The maximum atomic E-state index is 14.6. The number of ether oxygens (including phenoxy) is 1. The summed E-state index contributed by atoms with van der Waals surface area (Å²) < 4.78 is 33.4. The Bertz CT molecular complexity index is 1030. The zero-order valence-electron chi connectivity index (χ0n) is 16.4. The largest absolute Gasteiger partial charge is 0.379 e. The summed E-state index contributed by atoms with van der Waals surface area (Å²) in [5.41, 5.74) is 1.92. The van der Waals surface area contributed by atoms with E-state index in [0.717, 1.165) is 45.7 Å². The predicted octanol–water partition coefficient (Wildman–Crippen LogP) is 4.35. The number of rotatable bonds is 7. The second kappa shape index (κ2) is 9.59. The van der Waals surface area contributed by atoms with Gasteiger partial charge in [-0.3, -0.25) is 4.90 Å². The van der Waals surface area contributed by atoms with E-state index in [-0.39, 0.29) is 5.02 Å². The minimum absolute atomic E-state index is 0.0168. The van der Waals surface area contributed by atoms with Crippen molar-refractivity contribution < 1.29 is 13.5 Å². The molecule has 1 aromatic carbocycles. The summed E-state index contributed by atoms with van der Waals surface area (Å²) in [6.07, 6.45) is 3.84. The SMILES string of the molecule is Fc1ccc(Nc2ncnc3cc(CCCCN4CCOCC4)c(F)nc23)cc1Cl. The van der Waals surface area contributed by atoms with Crippen molar-refractivity contribution in [2.24, 2.45) is 0 Å². The summed E-state index contributed by atoms with van der Waals surface area (Å²) in [6.45, 7) is 4.46. The molecule has 6 nitrogen and oxygen atoms in total. The number of nitrogens with zero attached hydrogens (tertiary/aromatic N) is 4. The van der Waals surface area contributed by atoms with Crippen molar-refractivity contribution >= 4 is 34.1 Å². The van der Waals surface area contributed by atoms with Crippen LogP contribution in [-0.4, -0.2) is 52.7 Å². The van der Waals surface area contributed by atoms with Gasteiger partial charge in [-0.15, -0.1) is 0 Å². The Labute approximate surface area is 178 Å². The van der Waals surface area contributed by atoms with E-state index in [1.165, 1.54) is 24.5 Å². The zero-order valence-corrected chi connectivity index (χ0v) is 17.1.